The lowest BCUT2D eigenvalue weighted by molar-refractivity contribution is -0.384. The summed E-state index contributed by atoms with van der Waals surface area (Å²) in [6.07, 6.45) is 3.61. The minimum Gasteiger partial charge on any atom is -0.453 e. The van der Waals surface area contributed by atoms with Crippen LogP contribution in [0, 0.1) is 22.0 Å². The number of nitrogens with one attached hydrogen (secondary N) is 1. The third kappa shape index (κ3) is 8.67. The van der Waals surface area contributed by atoms with Crippen LogP contribution in [0.5, 0.6) is 5.75 Å². The van der Waals surface area contributed by atoms with E-state index in [2.05, 4.69) is 19.5 Å². The maximum Gasteiger partial charge on any atom is 0.513 e. The number of carbonyl (C=O) groups is 2. The zero-order valence-corrected chi connectivity index (χ0v) is 16.1. The number of nitro groups is 1. The fraction of sp³-hybridized carbons (Fsp3) is 0.556. The molecule has 0 aliphatic heterocycles. The number of non-ortho nitro benzene ring substituents is 1. The fourth-order valence-electron chi connectivity index (χ4n) is 2.88. The number of nitrogens with two attached hydrogens (primary N) is 1. The highest BCUT2D eigenvalue weighted by Gasteiger charge is 2.21. The van der Waals surface area contributed by atoms with Crippen molar-refractivity contribution in [1.29, 1.82) is 0 Å². The van der Waals surface area contributed by atoms with Crippen LogP contribution < -0.4 is 15.8 Å². The minimum atomic E-state index is -0.862. The van der Waals surface area contributed by atoms with Crippen molar-refractivity contribution < 1.29 is 28.7 Å². The first kappa shape index (κ1) is 23.2. The molecule has 156 valence electrons. The first-order chi connectivity index (χ1) is 13.4. The van der Waals surface area contributed by atoms with Crippen molar-refractivity contribution in [2.24, 2.45) is 17.6 Å². The molecule has 1 amide bonds. The number of carbonyl (C=O) groups excluding carboxylic acids is 2. The van der Waals surface area contributed by atoms with Crippen LogP contribution in [0.3, 0.4) is 0 Å². The van der Waals surface area contributed by atoms with Gasteiger partial charge in [-0.3, -0.25) is 10.1 Å². The van der Waals surface area contributed by atoms with Gasteiger partial charge in [-0.25, -0.2) is 9.59 Å². The SMILES string of the molecule is COC(=O)NCC1CCCC(CN)C1.COC(=O)Oc1ccc([N+](=O)[O-])cc1. The highest BCUT2D eigenvalue weighted by molar-refractivity contribution is 5.66. The van der Waals surface area contributed by atoms with E-state index in [1.807, 2.05) is 0 Å². The molecule has 2 atom stereocenters. The van der Waals surface area contributed by atoms with Gasteiger partial charge in [-0.1, -0.05) is 6.42 Å². The number of rotatable bonds is 5. The Morgan fingerprint density at radius 3 is 2.36 bits per heavy atom. The van der Waals surface area contributed by atoms with Gasteiger partial charge < -0.3 is 25.3 Å². The molecule has 0 bridgehead atoms. The van der Waals surface area contributed by atoms with Crippen molar-refractivity contribution in [2.75, 3.05) is 27.3 Å². The van der Waals surface area contributed by atoms with E-state index in [0.29, 0.717) is 11.8 Å². The van der Waals surface area contributed by atoms with Gasteiger partial charge in [0.05, 0.1) is 19.1 Å². The highest BCUT2D eigenvalue weighted by atomic mass is 16.7. The lowest BCUT2D eigenvalue weighted by Crippen LogP contribution is -2.33. The molecule has 10 nitrogen and oxygen atoms in total. The third-order valence-corrected chi connectivity index (χ3v) is 4.36. The van der Waals surface area contributed by atoms with E-state index in [9.17, 15) is 19.7 Å². The van der Waals surface area contributed by atoms with Gasteiger partial charge in [0.15, 0.2) is 0 Å². The molecule has 0 spiro atoms. The number of hydrogen-bond donors (Lipinski definition) is 2. The summed E-state index contributed by atoms with van der Waals surface area (Å²) in [6.45, 7) is 1.50. The maximum absolute atomic E-state index is 10.8. The summed E-state index contributed by atoms with van der Waals surface area (Å²) in [5, 5.41) is 13.0. The second-order valence-electron chi connectivity index (χ2n) is 6.31. The van der Waals surface area contributed by atoms with Crippen LogP contribution in [0.1, 0.15) is 25.7 Å². The van der Waals surface area contributed by atoms with Crippen molar-refractivity contribution in [1.82, 2.24) is 5.32 Å². The van der Waals surface area contributed by atoms with Crippen LogP contribution >= 0.6 is 0 Å². The zero-order valence-electron chi connectivity index (χ0n) is 16.1. The van der Waals surface area contributed by atoms with Gasteiger partial charge in [-0.2, -0.15) is 0 Å². The molecule has 2 unspecified atom stereocenters. The average molecular weight is 397 g/mol. The summed E-state index contributed by atoms with van der Waals surface area (Å²) in [4.78, 5) is 31.2. The maximum atomic E-state index is 10.8. The molecule has 1 aliphatic rings. The average Bonchev–Trinajstić information content (AvgIpc) is 2.72. The molecular formula is C18H27N3O7. The molecule has 1 aliphatic carbocycles. The fourth-order valence-corrected chi connectivity index (χ4v) is 2.88. The van der Waals surface area contributed by atoms with Gasteiger partial charge in [-0.15, -0.1) is 0 Å². The second kappa shape index (κ2) is 12.5. The van der Waals surface area contributed by atoms with Gasteiger partial charge in [0, 0.05) is 18.7 Å². The number of methoxy groups -OCH3 is 2. The van der Waals surface area contributed by atoms with Crippen molar-refractivity contribution in [3.63, 3.8) is 0 Å². The van der Waals surface area contributed by atoms with Gasteiger partial charge in [0.1, 0.15) is 5.75 Å². The van der Waals surface area contributed by atoms with E-state index in [0.717, 1.165) is 19.5 Å². The molecule has 1 saturated carbocycles. The minimum absolute atomic E-state index is 0.0674. The Bertz CT molecular complexity index is 637. The van der Waals surface area contributed by atoms with Crippen LogP contribution in [-0.2, 0) is 9.47 Å². The summed E-state index contributed by atoms with van der Waals surface area (Å²) >= 11 is 0. The number of amides is 1. The molecule has 10 heteroatoms. The van der Waals surface area contributed by atoms with Gasteiger partial charge in [0.2, 0.25) is 0 Å². The normalized spacial score (nSPS) is 18.1. The second-order valence-corrected chi connectivity index (χ2v) is 6.31. The number of benzene rings is 1. The quantitative estimate of drug-likeness (QED) is 0.334. The summed E-state index contributed by atoms with van der Waals surface area (Å²) in [5.41, 5.74) is 5.57. The van der Waals surface area contributed by atoms with Gasteiger partial charge >= 0.3 is 12.2 Å². The van der Waals surface area contributed by atoms with Crippen LogP contribution in [0.15, 0.2) is 24.3 Å². The first-order valence-electron chi connectivity index (χ1n) is 8.91. The molecule has 1 fully saturated rings. The third-order valence-electron chi connectivity index (χ3n) is 4.36. The van der Waals surface area contributed by atoms with E-state index in [-0.39, 0.29) is 17.5 Å². The number of nitro benzene ring substituents is 1. The Morgan fingerprint density at radius 1 is 1.18 bits per heavy atom. The van der Waals surface area contributed by atoms with E-state index < -0.39 is 11.1 Å². The van der Waals surface area contributed by atoms with Crippen molar-refractivity contribution in [3.05, 3.63) is 34.4 Å². The van der Waals surface area contributed by atoms with Gasteiger partial charge in [0.25, 0.3) is 5.69 Å². The van der Waals surface area contributed by atoms with Crippen LogP contribution in [0.4, 0.5) is 15.3 Å². The predicted octanol–water partition coefficient (Wildman–Crippen LogP) is 2.85. The molecular weight excluding hydrogens is 370 g/mol. The summed E-state index contributed by atoms with van der Waals surface area (Å²) < 4.78 is 13.4. The number of nitrogens with zero attached hydrogens (tertiary/aromatic N) is 1. The van der Waals surface area contributed by atoms with Crippen LogP contribution in [0.2, 0.25) is 0 Å². The molecule has 0 heterocycles. The van der Waals surface area contributed by atoms with Crippen molar-refractivity contribution >= 4 is 17.9 Å². The van der Waals surface area contributed by atoms with Gasteiger partial charge in [-0.05, 0) is 49.8 Å². The Labute approximate surface area is 163 Å². The molecule has 0 aromatic heterocycles. The standard InChI is InChI=1S/C10H20N2O2.C8H7NO5/c1-14-10(13)12-7-9-4-2-3-8(5-9)6-11;1-13-8(10)14-7-4-2-6(3-5-7)9(11)12/h8-9H,2-7,11H2,1H3,(H,12,13);2-5H,1H3. The highest BCUT2D eigenvalue weighted by Crippen LogP contribution is 2.27. The summed E-state index contributed by atoms with van der Waals surface area (Å²) in [7, 11) is 2.56. The van der Waals surface area contributed by atoms with E-state index in [1.54, 1.807) is 0 Å². The molecule has 3 N–H and O–H groups in total. The number of hydrogen-bond acceptors (Lipinski definition) is 8. The van der Waals surface area contributed by atoms with Crippen LogP contribution in [0.25, 0.3) is 0 Å². The molecule has 28 heavy (non-hydrogen) atoms. The Balaban J connectivity index is 0.000000280. The molecule has 1 aromatic carbocycles. The summed E-state index contributed by atoms with van der Waals surface area (Å²) in [5.74, 6) is 1.42. The summed E-state index contributed by atoms with van der Waals surface area (Å²) in [6, 6.07) is 5.10. The Kier molecular flexibility index (Phi) is 10.3. The van der Waals surface area contributed by atoms with Crippen molar-refractivity contribution in [2.45, 2.75) is 25.7 Å². The van der Waals surface area contributed by atoms with Crippen molar-refractivity contribution in [3.8, 4) is 5.75 Å². The molecule has 0 radical (unpaired) electrons. The Hall–Kier alpha value is -2.88. The molecule has 2 rings (SSSR count). The first-order valence-corrected chi connectivity index (χ1v) is 8.91. The smallest absolute Gasteiger partial charge is 0.453 e. The topological polar surface area (TPSA) is 143 Å². The molecule has 1 aromatic rings. The largest absolute Gasteiger partial charge is 0.513 e. The monoisotopic (exact) mass is 397 g/mol. The predicted molar refractivity (Wildman–Crippen MR) is 101 cm³/mol. The lowest BCUT2D eigenvalue weighted by atomic mass is 9.81. The van der Waals surface area contributed by atoms with E-state index >= 15 is 0 Å². The zero-order chi connectivity index (χ0) is 20.9. The lowest BCUT2D eigenvalue weighted by Gasteiger charge is -2.28. The molecule has 0 saturated heterocycles. The number of alkyl carbamates (subject to hydrolysis) is 1. The van der Waals surface area contributed by atoms with E-state index in [1.165, 1.54) is 57.7 Å². The van der Waals surface area contributed by atoms with Crippen LogP contribution in [-0.4, -0.2) is 44.5 Å². The Morgan fingerprint density at radius 2 is 1.82 bits per heavy atom. The van der Waals surface area contributed by atoms with E-state index in [4.69, 9.17) is 5.73 Å². The number of ether oxygens (including phenoxy) is 3.